The molecule has 0 aromatic heterocycles. The maximum absolute atomic E-state index is 13.1. The van der Waals surface area contributed by atoms with Crippen LogP contribution in [0.5, 0.6) is 0 Å². The molecule has 0 heterocycles. The van der Waals surface area contributed by atoms with Gasteiger partial charge in [-0.1, -0.05) is 0 Å². The Balaban J connectivity index is 2.74. The molecule has 16 heavy (non-hydrogen) atoms. The van der Waals surface area contributed by atoms with Crippen molar-refractivity contribution >= 4 is 5.91 Å². The van der Waals surface area contributed by atoms with Crippen LogP contribution in [0.4, 0.5) is 13.2 Å². The summed E-state index contributed by atoms with van der Waals surface area (Å²) in [5.41, 5.74) is 2.49. The Morgan fingerprint density at radius 3 is 2.38 bits per heavy atom. The lowest BCUT2D eigenvalue weighted by Gasteiger charge is -2.16. The lowest BCUT2D eigenvalue weighted by molar-refractivity contribution is -0.130. The van der Waals surface area contributed by atoms with Crippen molar-refractivity contribution in [3.63, 3.8) is 0 Å². The summed E-state index contributed by atoms with van der Waals surface area (Å²) in [5.74, 6) is -3.49. The fourth-order valence-corrected chi connectivity index (χ4v) is 1.01. The topological polar surface area (TPSA) is 32.3 Å². The van der Waals surface area contributed by atoms with Gasteiger partial charge in [-0.25, -0.2) is 18.6 Å². The number of hydrogen-bond donors (Lipinski definition) is 1. The van der Waals surface area contributed by atoms with Crippen LogP contribution in [0.25, 0.3) is 0 Å². The zero-order valence-electron chi connectivity index (χ0n) is 8.85. The van der Waals surface area contributed by atoms with E-state index in [2.05, 4.69) is 5.43 Å². The molecule has 0 aliphatic heterocycles. The first-order valence-corrected chi connectivity index (χ1v) is 4.53. The first kappa shape index (κ1) is 12.5. The van der Waals surface area contributed by atoms with Gasteiger partial charge in [0.05, 0.1) is 0 Å². The van der Waals surface area contributed by atoms with Gasteiger partial charge in [0, 0.05) is 32.1 Å². The van der Waals surface area contributed by atoms with E-state index in [0.717, 1.165) is 11.1 Å². The van der Waals surface area contributed by atoms with Gasteiger partial charge in [-0.05, 0) is 6.07 Å². The summed E-state index contributed by atoms with van der Waals surface area (Å²) in [6.45, 7) is 1.22. The van der Waals surface area contributed by atoms with Crippen LogP contribution in [0.3, 0.4) is 0 Å². The summed E-state index contributed by atoms with van der Waals surface area (Å²) in [6, 6.07) is 1.23. The lowest BCUT2D eigenvalue weighted by Crippen LogP contribution is -2.37. The molecule has 0 saturated carbocycles. The third-order valence-corrected chi connectivity index (χ3v) is 2.07. The molecule has 1 aromatic rings. The molecule has 88 valence electrons. The van der Waals surface area contributed by atoms with Gasteiger partial charge in [-0.2, -0.15) is 0 Å². The van der Waals surface area contributed by atoms with Crippen LogP contribution < -0.4 is 5.43 Å². The molecule has 0 bridgehead atoms. The summed E-state index contributed by atoms with van der Waals surface area (Å²) in [6.07, 6.45) is 0. The van der Waals surface area contributed by atoms with Crippen molar-refractivity contribution in [1.82, 2.24) is 10.4 Å². The molecular formula is C10H11F3N2O. The summed E-state index contributed by atoms with van der Waals surface area (Å²) in [5, 5.41) is 1.13. The van der Waals surface area contributed by atoms with Gasteiger partial charge in [-0.15, -0.1) is 0 Å². The third-order valence-electron chi connectivity index (χ3n) is 2.07. The van der Waals surface area contributed by atoms with Gasteiger partial charge >= 0.3 is 0 Å². The molecule has 0 unspecified atom stereocenters. The van der Waals surface area contributed by atoms with E-state index in [4.69, 9.17) is 0 Å². The molecule has 0 saturated heterocycles. The van der Waals surface area contributed by atoms with E-state index in [1.54, 1.807) is 0 Å². The zero-order valence-corrected chi connectivity index (χ0v) is 8.85. The number of hydrogen-bond acceptors (Lipinski definition) is 2. The Labute approximate surface area is 90.8 Å². The second kappa shape index (κ2) is 4.98. The number of amides is 1. The Morgan fingerprint density at radius 2 is 1.81 bits per heavy atom. The van der Waals surface area contributed by atoms with Gasteiger partial charge in [0.1, 0.15) is 5.82 Å². The Bertz CT molecular complexity index is 409. The van der Waals surface area contributed by atoms with Crippen LogP contribution in [0.2, 0.25) is 0 Å². The molecule has 1 aromatic carbocycles. The SMILES string of the molecule is CC(=O)N(C)NCc1cc(F)c(F)cc1F. The molecule has 0 spiro atoms. The number of rotatable bonds is 3. The minimum absolute atomic E-state index is 0.0491. The van der Waals surface area contributed by atoms with Crippen LogP contribution in [0.15, 0.2) is 12.1 Å². The summed E-state index contributed by atoms with van der Waals surface area (Å²) < 4.78 is 38.5. The summed E-state index contributed by atoms with van der Waals surface area (Å²) in [4.78, 5) is 10.8. The predicted octanol–water partition coefficient (Wildman–Crippen LogP) is 1.59. The van der Waals surface area contributed by atoms with Crippen LogP contribution in [0, 0.1) is 17.5 Å². The van der Waals surface area contributed by atoms with Crippen molar-refractivity contribution in [3.8, 4) is 0 Å². The third kappa shape index (κ3) is 2.96. The van der Waals surface area contributed by atoms with Crippen molar-refractivity contribution in [1.29, 1.82) is 0 Å². The normalized spacial score (nSPS) is 10.3. The minimum Gasteiger partial charge on any atom is -0.281 e. The summed E-state index contributed by atoms with van der Waals surface area (Å²) in [7, 11) is 1.44. The van der Waals surface area contributed by atoms with Gasteiger partial charge in [0.25, 0.3) is 0 Å². The fraction of sp³-hybridized carbons (Fsp3) is 0.300. The largest absolute Gasteiger partial charge is 0.281 e. The monoisotopic (exact) mass is 232 g/mol. The highest BCUT2D eigenvalue weighted by molar-refractivity contribution is 5.72. The molecule has 0 aliphatic rings. The van der Waals surface area contributed by atoms with Crippen LogP contribution in [-0.4, -0.2) is 18.0 Å². The fourth-order valence-electron chi connectivity index (χ4n) is 1.01. The van der Waals surface area contributed by atoms with E-state index in [0.29, 0.717) is 6.07 Å². The number of carbonyl (C=O) groups excluding carboxylic acids is 1. The molecule has 1 amide bonds. The van der Waals surface area contributed by atoms with Crippen LogP contribution >= 0.6 is 0 Å². The molecular weight excluding hydrogens is 221 g/mol. The predicted molar refractivity (Wildman–Crippen MR) is 51.6 cm³/mol. The average molecular weight is 232 g/mol. The van der Waals surface area contributed by atoms with Gasteiger partial charge < -0.3 is 0 Å². The van der Waals surface area contributed by atoms with Crippen molar-refractivity contribution < 1.29 is 18.0 Å². The first-order chi connectivity index (χ1) is 7.41. The molecule has 1 rings (SSSR count). The molecule has 3 nitrogen and oxygen atoms in total. The van der Waals surface area contributed by atoms with Crippen molar-refractivity contribution in [3.05, 3.63) is 35.1 Å². The number of benzene rings is 1. The number of hydrazine groups is 1. The molecule has 0 radical (unpaired) electrons. The smallest absolute Gasteiger partial charge is 0.233 e. The van der Waals surface area contributed by atoms with E-state index < -0.39 is 17.5 Å². The standard InChI is InChI=1S/C10H11F3N2O/c1-6(16)15(2)14-5-7-3-9(12)10(13)4-8(7)11/h3-4,14H,5H2,1-2H3. The molecule has 0 aliphatic carbocycles. The maximum Gasteiger partial charge on any atom is 0.233 e. The van der Waals surface area contributed by atoms with Gasteiger partial charge in [-0.3, -0.25) is 9.80 Å². The zero-order chi connectivity index (χ0) is 12.3. The number of nitrogens with zero attached hydrogens (tertiary/aromatic N) is 1. The van der Waals surface area contributed by atoms with E-state index in [-0.39, 0.29) is 18.0 Å². The summed E-state index contributed by atoms with van der Waals surface area (Å²) >= 11 is 0. The Morgan fingerprint density at radius 1 is 1.25 bits per heavy atom. The van der Waals surface area contributed by atoms with E-state index in [1.807, 2.05) is 0 Å². The Hall–Kier alpha value is -1.56. The highest BCUT2D eigenvalue weighted by Crippen LogP contribution is 2.13. The van der Waals surface area contributed by atoms with Crippen molar-refractivity contribution in [2.45, 2.75) is 13.5 Å². The van der Waals surface area contributed by atoms with Crippen molar-refractivity contribution in [2.75, 3.05) is 7.05 Å². The maximum atomic E-state index is 13.1. The van der Waals surface area contributed by atoms with Crippen LogP contribution in [-0.2, 0) is 11.3 Å². The molecule has 6 heteroatoms. The highest BCUT2D eigenvalue weighted by atomic mass is 19.2. The minimum atomic E-state index is -1.24. The number of carbonyl (C=O) groups is 1. The Kier molecular flexibility index (Phi) is 3.89. The van der Waals surface area contributed by atoms with Gasteiger partial charge in [0.15, 0.2) is 11.6 Å². The second-order valence-electron chi connectivity index (χ2n) is 3.27. The van der Waals surface area contributed by atoms with E-state index >= 15 is 0 Å². The van der Waals surface area contributed by atoms with Crippen LogP contribution in [0.1, 0.15) is 12.5 Å². The first-order valence-electron chi connectivity index (χ1n) is 4.53. The molecule has 0 fully saturated rings. The van der Waals surface area contributed by atoms with Gasteiger partial charge in [0.2, 0.25) is 5.91 Å². The quantitative estimate of drug-likeness (QED) is 0.634. The second-order valence-corrected chi connectivity index (χ2v) is 3.27. The molecule has 0 atom stereocenters. The number of nitrogens with one attached hydrogen (secondary N) is 1. The molecule has 1 N–H and O–H groups in total. The van der Waals surface area contributed by atoms with Crippen molar-refractivity contribution in [2.24, 2.45) is 0 Å². The van der Waals surface area contributed by atoms with E-state index in [9.17, 15) is 18.0 Å². The van der Waals surface area contributed by atoms with E-state index in [1.165, 1.54) is 14.0 Å². The average Bonchev–Trinajstić information content (AvgIpc) is 2.20. The lowest BCUT2D eigenvalue weighted by atomic mass is 10.2. The highest BCUT2D eigenvalue weighted by Gasteiger charge is 2.10. The number of halogens is 3.